The Balaban J connectivity index is 1.95. The minimum atomic E-state index is 0.727. The van der Waals surface area contributed by atoms with Gasteiger partial charge in [0.15, 0.2) is 0 Å². The molecule has 1 saturated heterocycles. The molecule has 2 aromatic heterocycles. The number of hydrogen-bond acceptors (Lipinski definition) is 6. The van der Waals surface area contributed by atoms with Crippen LogP contribution in [0.3, 0.4) is 0 Å². The quantitative estimate of drug-likeness (QED) is 0.869. The number of aryl methyl sites for hydroxylation is 1. The number of nitrogens with zero attached hydrogens (tertiary/aromatic N) is 4. The van der Waals surface area contributed by atoms with Gasteiger partial charge in [0.25, 0.3) is 0 Å². The van der Waals surface area contributed by atoms with Crippen LogP contribution in [-0.2, 0) is 11.2 Å². The summed E-state index contributed by atoms with van der Waals surface area (Å²) in [5.74, 6) is 1.65. The summed E-state index contributed by atoms with van der Waals surface area (Å²) < 4.78 is 0. The SMILES string of the molecule is CCc1csc2nc(N3CCN(C=O)CC3)nc(NC)c12. The number of carbonyl (C=O) groups excluding carboxylic acids is 1. The molecule has 1 N–H and O–H groups in total. The lowest BCUT2D eigenvalue weighted by Crippen LogP contribution is -2.46. The Bertz CT molecular complexity index is 648. The van der Waals surface area contributed by atoms with Gasteiger partial charge in [-0.2, -0.15) is 4.98 Å². The minimum Gasteiger partial charge on any atom is -0.372 e. The number of carbonyl (C=O) groups is 1. The van der Waals surface area contributed by atoms with Gasteiger partial charge >= 0.3 is 0 Å². The van der Waals surface area contributed by atoms with Crippen molar-refractivity contribution in [3.8, 4) is 0 Å². The van der Waals surface area contributed by atoms with Crippen LogP contribution in [0.15, 0.2) is 5.38 Å². The van der Waals surface area contributed by atoms with E-state index in [1.165, 1.54) is 5.56 Å². The van der Waals surface area contributed by atoms with E-state index in [4.69, 9.17) is 4.98 Å². The van der Waals surface area contributed by atoms with Crippen LogP contribution >= 0.6 is 11.3 Å². The zero-order valence-electron chi connectivity index (χ0n) is 12.3. The number of nitrogens with one attached hydrogen (secondary N) is 1. The Morgan fingerprint density at radius 2 is 2.10 bits per heavy atom. The van der Waals surface area contributed by atoms with Crippen LogP contribution in [0, 0.1) is 0 Å². The van der Waals surface area contributed by atoms with Gasteiger partial charge in [-0.25, -0.2) is 4.98 Å². The molecule has 0 aromatic carbocycles. The average molecular weight is 305 g/mol. The van der Waals surface area contributed by atoms with Crippen molar-refractivity contribution in [1.29, 1.82) is 0 Å². The van der Waals surface area contributed by atoms with Gasteiger partial charge in [-0.15, -0.1) is 11.3 Å². The lowest BCUT2D eigenvalue weighted by molar-refractivity contribution is -0.118. The highest BCUT2D eigenvalue weighted by molar-refractivity contribution is 7.17. The number of amides is 1. The van der Waals surface area contributed by atoms with Crippen molar-refractivity contribution >= 4 is 39.7 Å². The molecular formula is C14H19N5OS. The van der Waals surface area contributed by atoms with E-state index in [0.717, 1.165) is 61.0 Å². The molecular weight excluding hydrogens is 286 g/mol. The molecule has 2 aromatic rings. The molecule has 0 unspecified atom stereocenters. The summed E-state index contributed by atoms with van der Waals surface area (Å²) in [6.07, 6.45) is 1.89. The molecule has 3 heterocycles. The molecule has 0 atom stereocenters. The first kappa shape index (κ1) is 14.1. The first-order chi connectivity index (χ1) is 10.3. The van der Waals surface area contributed by atoms with E-state index in [0.29, 0.717) is 0 Å². The zero-order valence-corrected chi connectivity index (χ0v) is 13.1. The third kappa shape index (κ3) is 2.53. The van der Waals surface area contributed by atoms with E-state index in [1.54, 1.807) is 16.2 Å². The molecule has 1 amide bonds. The Labute approximate surface area is 127 Å². The summed E-state index contributed by atoms with van der Waals surface area (Å²) in [5, 5.41) is 6.49. The second kappa shape index (κ2) is 5.85. The van der Waals surface area contributed by atoms with E-state index < -0.39 is 0 Å². The van der Waals surface area contributed by atoms with Crippen LogP contribution in [0.25, 0.3) is 10.2 Å². The molecule has 112 valence electrons. The fourth-order valence-electron chi connectivity index (χ4n) is 2.60. The Kier molecular flexibility index (Phi) is 3.92. The van der Waals surface area contributed by atoms with Gasteiger partial charge in [0.05, 0.1) is 5.39 Å². The van der Waals surface area contributed by atoms with Crippen LogP contribution < -0.4 is 10.2 Å². The van der Waals surface area contributed by atoms with Crippen molar-refractivity contribution in [1.82, 2.24) is 14.9 Å². The lowest BCUT2D eigenvalue weighted by atomic mass is 10.2. The maximum absolute atomic E-state index is 10.8. The van der Waals surface area contributed by atoms with Crippen molar-refractivity contribution in [3.63, 3.8) is 0 Å². The van der Waals surface area contributed by atoms with Crippen LogP contribution in [0.1, 0.15) is 12.5 Å². The highest BCUT2D eigenvalue weighted by atomic mass is 32.1. The highest BCUT2D eigenvalue weighted by Crippen LogP contribution is 2.32. The minimum absolute atomic E-state index is 0.727. The van der Waals surface area contributed by atoms with E-state index in [2.05, 4.69) is 27.5 Å². The van der Waals surface area contributed by atoms with Gasteiger partial charge in [-0.3, -0.25) is 4.79 Å². The molecule has 0 bridgehead atoms. The second-order valence-electron chi connectivity index (χ2n) is 5.05. The topological polar surface area (TPSA) is 61.4 Å². The number of thiophene rings is 1. The van der Waals surface area contributed by atoms with E-state index in [1.807, 2.05) is 7.05 Å². The lowest BCUT2D eigenvalue weighted by Gasteiger charge is -2.32. The largest absolute Gasteiger partial charge is 0.372 e. The highest BCUT2D eigenvalue weighted by Gasteiger charge is 2.20. The summed E-state index contributed by atoms with van der Waals surface area (Å²) in [6.45, 7) is 5.15. The summed E-state index contributed by atoms with van der Waals surface area (Å²) in [6, 6.07) is 0. The number of aromatic nitrogens is 2. The van der Waals surface area contributed by atoms with Gasteiger partial charge in [0, 0.05) is 33.2 Å². The molecule has 21 heavy (non-hydrogen) atoms. The molecule has 6 nitrogen and oxygen atoms in total. The molecule has 0 radical (unpaired) electrons. The maximum atomic E-state index is 10.8. The molecule has 1 aliphatic rings. The number of hydrogen-bond donors (Lipinski definition) is 1. The van der Waals surface area contributed by atoms with Crippen molar-refractivity contribution in [2.24, 2.45) is 0 Å². The summed E-state index contributed by atoms with van der Waals surface area (Å²) >= 11 is 1.67. The Morgan fingerprint density at radius 1 is 1.33 bits per heavy atom. The molecule has 7 heteroatoms. The van der Waals surface area contributed by atoms with Crippen LogP contribution in [0.5, 0.6) is 0 Å². The third-order valence-corrected chi connectivity index (χ3v) is 4.78. The van der Waals surface area contributed by atoms with Crippen molar-refractivity contribution in [2.75, 3.05) is 43.4 Å². The van der Waals surface area contributed by atoms with Gasteiger partial charge in [0.2, 0.25) is 12.4 Å². The van der Waals surface area contributed by atoms with Crippen molar-refractivity contribution in [3.05, 3.63) is 10.9 Å². The first-order valence-electron chi connectivity index (χ1n) is 7.17. The molecule has 1 fully saturated rings. The fourth-order valence-corrected chi connectivity index (χ4v) is 3.62. The number of rotatable bonds is 4. The van der Waals surface area contributed by atoms with E-state index in [-0.39, 0.29) is 0 Å². The van der Waals surface area contributed by atoms with E-state index >= 15 is 0 Å². The van der Waals surface area contributed by atoms with Gasteiger partial charge in [-0.1, -0.05) is 6.92 Å². The van der Waals surface area contributed by atoms with Crippen LogP contribution in [0.4, 0.5) is 11.8 Å². The number of piperazine rings is 1. The van der Waals surface area contributed by atoms with Crippen LogP contribution in [-0.4, -0.2) is 54.5 Å². The monoisotopic (exact) mass is 305 g/mol. The molecule has 3 rings (SSSR count). The van der Waals surface area contributed by atoms with Crippen molar-refractivity contribution in [2.45, 2.75) is 13.3 Å². The number of anilines is 2. The molecule has 0 saturated carbocycles. The Hall–Kier alpha value is -1.89. The summed E-state index contributed by atoms with van der Waals surface area (Å²) in [5.41, 5.74) is 1.29. The Morgan fingerprint density at radius 3 is 2.71 bits per heavy atom. The normalized spacial score (nSPS) is 15.5. The van der Waals surface area contributed by atoms with Gasteiger partial charge in [-0.05, 0) is 17.4 Å². The molecule has 1 aliphatic heterocycles. The first-order valence-corrected chi connectivity index (χ1v) is 8.05. The smallest absolute Gasteiger partial charge is 0.228 e. The third-order valence-electron chi connectivity index (χ3n) is 3.86. The van der Waals surface area contributed by atoms with E-state index in [9.17, 15) is 4.79 Å². The zero-order chi connectivity index (χ0) is 14.8. The van der Waals surface area contributed by atoms with Gasteiger partial charge < -0.3 is 15.1 Å². The summed E-state index contributed by atoms with van der Waals surface area (Å²) in [4.78, 5) is 25.1. The molecule has 0 aliphatic carbocycles. The van der Waals surface area contributed by atoms with Crippen LogP contribution in [0.2, 0.25) is 0 Å². The van der Waals surface area contributed by atoms with Gasteiger partial charge in [0.1, 0.15) is 10.6 Å². The number of fused-ring (bicyclic) bond motifs is 1. The predicted octanol–water partition coefficient (Wildman–Crippen LogP) is 1.57. The average Bonchev–Trinajstić information content (AvgIpc) is 2.97. The summed E-state index contributed by atoms with van der Waals surface area (Å²) in [7, 11) is 1.90. The van der Waals surface area contributed by atoms with Crippen molar-refractivity contribution < 1.29 is 4.79 Å². The fraction of sp³-hybridized carbons (Fsp3) is 0.500. The predicted molar refractivity (Wildman–Crippen MR) is 86.2 cm³/mol. The maximum Gasteiger partial charge on any atom is 0.228 e. The molecule has 0 spiro atoms. The standard InChI is InChI=1S/C14H19N5OS/c1-3-10-8-21-13-11(10)12(15-2)16-14(17-13)19-6-4-18(9-20)5-7-19/h8-9H,3-7H2,1-2H3,(H,15,16,17). The second-order valence-corrected chi connectivity index (χ2v) is 5.90.